The molecule has 1 aromatic heterocycles. The lowest BCUT2D eigenvalue weighted by Gasteiger charge is -2.33. The van der Waals surface area contributed by atoms with Crippen molar-refractivity contribution in [1.29, 1.82) is 0 Å². The van der Waals surface area contributed by atoms with Crippen LogP contribution in [-0.4, -0.2) is 59.3 Å². The summed E-state index contributed by atoms with van der Waals surface area (Å²) in [6.07, 6.45) is 6.74. The molecule has 2 aliphatic rings. The van der Waals surface area contributed by atoms with Crippen molar-refractivity contribution >= 4 is 6.03 Å². The predicted octanol–water partition coefficient (Wildman–Crippen LogP) is 2.99. The molecule has 0 unspecified atom stereocenters. The van der Waals surface area contributed by atoms with Crippen molar-refractivity contribution < 1.29 is 4.79 Å². The van der Waals surface area contributed by atoms with Crippen molar-refractivity contribution in [3.05, 3.63) is 17.0 Å². The second kappa shape index (κ2) is 7.77. The van der Waals surface area contributed by atoms with E-state index in [4.69, 9.17) is 0 Å². The number of amides is 2. The first-order valence-corrected chi connectivity index (χ1v) is 9.69. The monoisotopic (exact) mass is 347 g/mol. The highest BCUT2D eigenvalue weighted by atomic mass is 16.2. The van der Waals surface area contributed by atoms with Crippen molar-refractivity contribution in [2.24, 2.45) is 5.92 Å². The van der Waals surface area contributed by atoms with Crippen LogP contribution in [0.25, 0.3) is 0 Å². The van der Waals surface area contributed by atoms with Gasteiger partial charge < -0.3 is 15.1 Å². The zero-order chi connectivity index (χ0) is 18.0. The largest absolute Gasteiger partial charge is 0.335 e. The fourth-order valence-corrected chi connectivity index (χ4v) is 4.62. The molecular weight excluding hydrogens is 314 g/mol. The van der Waals surface area contributed by atoms with E-state index in [1.807, 2.05) is 11.8 Å². The van der Waals surface area contributed by atoms with Gasteiger partial charge in [0, 0.05) is 30.4 Å². The topological polar surface area (TPSA) is 64.3 Å². The molecule has 0 aromatic carbocycles. The summed E-state index contributed by atoms with van der Waals surface area (Å²) in [5.41, 5.74) is 3.32. The Balaban J connectivity index is 1.56. The van der Waals surface area contributed by atoms with Gasteiger partial charge in [0.05, 0.1) is 11.7 Å². The molecule has 1 atom stereocenters. The molecule has 3 rings (SSSR count). The Morgan fingerprint density at radius 2 is 1.96 bits per heavy atom. The molecule has 1 aromatic rings. The molecule has 25 heavy (non-hydrogen) atoms. The maximum absolute atomic E-state index is 12.9. The van der Waals surface area contributed by atoms with E-state index < -0.39 is 0 Å². The van der Waals surface area contributed by atoms with E-state index in [0.717, 1.165) is 56.1 Å². The number of urea groups is 1. The maximum atomic E-state index is 12.9. The van der Waals surface area contributed by atoms with E-state index in [2.05, 4.69) is 41.4 Å². The summed E-state index contributed by atoms with van der Waals surface area (Å²) in [6, 6.07) is 0.612. The first-order chi connectivity index (χ1) is 12.0. The number of aromatic nitrogens is 2. The molecule has 0 bridgehead atoms. The van der Waals surface area contributed by atoms with Gasteiger partial charge in [-0.25, -0.2) is 4.79 Å². The molecule has 0 radical (unpaired) electrons. The van der Waals surface area contributed by atoms with Gasteiger partial charge in [-0.3, -0.25) is 5.10 Å². The van der Waals surface area contributed by atoms with Crippen LogP contribution < -0.4 is 5.32 Å². The molecule has 0 spiro atoms. The Morgan fingerprint density at radius 3 is 2.56 bits per heavy atom. The third kappa shape index (κ3) is 4.17. The molecule has 1 saturated carbocycles. The number of carbonyl (C=O) groups is 1. The summed E-state index contributed by atoms with van der Waals surface area (Å²) in [7, 11) is 4.28. The minimum atomic E-state index is 0.110. The van der Waals surface area contributed by atoms with Gasteiger partial charge in [-0.05, 0) is 72.4 Å². The van der Waals surface area contributed by atoms with Crippen LogP contribution >= 0.6 is 0 Å². The second-order valence-corrected chi connectivity index (χ2v) is 8.13. The molecule has 2 fully saturated rings. The molecule has 1 aliphatic carbocycles. The molecule has 1 aliphatic heterocycles. The summed E-state index contributed by atoms with van der Waals surface area (Å²) in [6.45, 7) is 6.08. The van der Waals surface area contributed by atoms with Gasteiger partial charge in [-0.1, -0.05) is 0 Å². The third-order valence-corrected chi connectivity index (χ3v) is 5.83. The Kier molecular flexibility index (Phi) is 5.67. The number of aromatic amines is 1. The van der Waals surface area contributed by atoms with E-state index in [1.165, 1.54) is 18.4 Å². The number of carbonyl (C=O) groups excluding carboxylic acids is 1. The van der Waals surface area contributed by atoms with Crippen LogP contribution in [-0.2, 0) is 0 Å². The quantitative estimate of drug-likeness (QED) is 0.880. The SMILES string of the molecule is Cc1n[nH]c(C)c1[C@H]1CCCN1C(=O)NC1CCC(CN(C)C)CC1. The second-order valence-electron chi connectivity index (χ2n) is 8.13. The number of nitrogens with one attached hydrogen (secondary N) is 2. The van der Waals surface area contributed by atoms with E-state index >= 15 is 0 Å². The maximum Gasteiger partial charge on any atom is 0.318 e. The van der Waals surface area contributed by atoms with Crippen LogP contribution in [0.5, 0.6) is 0 Å². The van der Waals surface area contributed by atoms with E-state index in [9.17, 15) is 4.79 Å². The lowest BCUT2D eigenvalue weighted by Crippen LogP contribution is -2.46. The van der Waals surface area contributed by atoms with E-state index in [1.54, 1.807) is 0 Å². The Morgan fingerprint density at radius 1 is 1.24 bits per heavy atom. The molecular formula is C19H33N5O. The van der Waals surface area contributed by atoms with Crippen LogP contribution in [0.15, 0.2) is 0 Å². The van der Waals surface area contributed by atoms with Crippen LogP contribution in [0.2, 0.25) is 0 Å². The third-order valence-electron chi connectivity index (χ3n) is 5.83. The standard InChI is InChI=1S/C19H33N5O/c1-13-18(14(2)22-21-13)17-6-5-11-24(17)19(25)20-16-9-7-15(8-10-16)12-23(3)4/h15-17H,5-12H2,1-4H3,(H,20,25)(H,21,22)/t15?,16?,17-/m1/s1. The zero-order valence-corrected chi connectivity index (χ0v) is 16.1. The lowest BCUT2D eigenvalue weighted by molar-refractivity contribution is 0.178. The molecule has 2 heterocycles. The van der Waals surface area contributed by atoms with Gasteiger partial charge in [0.25, 0.3) is 0 Å². The average molecular weight is 348 g/mol. The minimum absolute atomic E-state index is 0.110. The van der Waals surface area contributed by atoms with Crippen LogP contribution in [0.3, 0.4) is 0 Å². The normalized spacial score (nSPS) is 27.1. The number of nitrogens with zero attached hydrogens (tertiary/aromatic N) is 3. The highest BCUT2D eigenvalue weighted by Gasteiger charge is 2.34. The van der Waals surface area contributed by atoms with Crippen molar-refractivity contribution in [2.75, 3.05) is 27.2 Å². The van der Waals surface area contributed by atoms with Gasteiger partial charge in [0.1, 0.15) is 0 Å². The molecule has 2 amide bonds. The van der Waals surface area contributed by atoms with E-state index in [0.29, 0.717) is 6.04 Å². The van der Waals surface area contributed by atoms with Crippen molar-refractivity contribution in [3.63, 3.8) is 0 Å². The molecule has 1 saturated heterocycles. The molecule has 2 N–H and O–H groups in total. The van der Waals surface area contributed by atoms with Crippen LogP contribution in [0, 0.1) is 19.8 Å². The Labute approximate surface area is 151 Å². The highest BCUT2D eigenvalue weighted by molar-refractivity contribution is 5.75. The van der Waals surface area contributed by atoms with Gasteiger partial charge in [0.15, 0.2) is 0 Å². The fourth-order valence-electron chi connectivity index (χ4n) is 4.62. The summed E-state index contributed by atoms with van der Waals surface area (Å²) < 4.78 is 0. The van der Waals surface area contributed by atoms with Gasteiger partial charge in [-0.2, -0.15) is 5.10 Å². The molecule has 6 nitrogen and oxygen atoms in total. The number of hydrogen-bond acceptors (Lipinski definition) is 3. The Hall–Kier alpha value is -1.56. The summed E-state index contributed by atoms with van der Waals surface area (Å²) in [5, 5.41) is 10.7. The van der Waals surface area contributed by atoms with Crippen molar-refractivity contribution in [2.45, 2.75) is 64.5 Å². The number of aryl methyl sites for hydroxylation is 2. The number of rotatable bonds is 4. The highest BCUT2D eigenvalue weighted by Crippen LogP contribution is 2.35. The van der Waals surface area contributed by atoms with Crippen molar-refractivity contribution in [1.82, 2.24) is 25.3 Å². The average Bonchev–Trinajstić information content (AvgIpc) is 3.15. The smallest absolute Gasteiger partial charge is 0.318 e. The Bertz CT molecular complexity index is 569. The predicted molar refractivity (Wildman–Crippen MR) is 99.6 cm³/mol. The summed E-state index contributed by atoms with van der Waals surface area (Å²) in [5.74, 6) is 0.777. The van der Waals surface area contributed by atoms with Gasteiger partial charge in [-0.15, -0.1) is 0 Å². The molecule has 6 heteroatoms. The fraction of sp³-hybridized carbons (Fsp3) is 0.789. The van der Waals surface area contributed by atoms with Crippen LogP contribution in [0.1, 0.15) is 61.5 Å². The first kappa shape index (κ1) is 18.2. The van der Waals surface area contributed by atoms with E-state index in [-0.39, 0.29) is 12.1 Å². The first-order valence-electron chi connectivity index (χ1n) is 9.69. The lowest BCUT2D eigenvalue weighted by atomic mass is 9.86. The number of hydrogen-bond donors (Lipinski definition) is 2. The summed E-state index contributed by atoms with van der Waals surface area (Å²) >= 11 is 0. The minimum Gasteiger partial charge on any atom is -0.335 e. The van der Waals surface area contributed by atoms with Crippen molar-refractivity contribution in [3.8, 4) is 0 Å². The van der Waals surface area contributed by atoms with Gasteiger partial charge >= 0.3 is 6.03 Å². The van der Waals surface area contributed by atoms with Gasteiger partial charge in [0.2, 0.25) is 0 Å². The number of H-pyrrole nitrogens is 1. The molecule has 140 valence electrons. The summed E-state index contributed by atoms with van der Waals surface area (Å²) in [4.78, 5) is 17.2. The zero-order valence-electron chi connectivity index (χ0n) is 16.1. The number of likely N-dealkylation sites (tertiary alicyclic amines) is 1. The van der Waals surface area contributed by atoms with Crippen LogP contribution in [0.4, 0.5) is 4.79 Å².